The number of benzene rings is 1. The van der Waals surface area contributed by atoms with Crippen LogP contribution in [-0.2, 0) is 10.5 Å². The van der Waals surface area contributed by atoms with Gasteiger partial charge in [-0.05, 0) is 12.5 Å². The first-order valence-corrected chi connectivity index (χ1v) is 9.78. The lowest BCUT2D eigenvalue weighted by Gasteiger charge is -2.33. The van der Waals surface area contributed by atoms with E-state index in [1.807, 2.05) is 6.21 Å². The van der Waals surface area contributed by atoms with Crippen LogP contribution in [0.15, 0.2) is 21.7 Å². The van der Waals surface area contributed by atoms with Crippen molar-refractivity contribution in [3.8, 4) is 0 Å². The summed E-state index contributed by atoms with van der Waals surface area (Å²) in [5.41, 5.74) is 0.757. The van der Waals surface area contributed by atoms with Crippen LogP contribution in [0.5, 0.6) is 0 Å². The molecule has 0 bridgehead atoms. The highest BCUT2D eigenvalue weighted by Crippen LogP contribution is 2.33. The van der Waals surface area contributed by atoms with Crippen LogP contribution in [0, 0.1) is 10.1 Å². The first kappa shape index (κ1) is 17.6. The Bertz CT molecular complexity index is 858. The minimum Gasteiger partial charge on any atom is -0.440 e. The van der Waals surface area contributed by atoms with Gasteiger partial charge in [-0.25, -0.2) is 4.98 Å². The van der Waals surface area contributed by atoms with Gasteiger partial charge in [-0.2, -0.15) is 5.10 Å². The molecule has 1 saturated heterocycles. The van der Waals surface area contributed by atoms with E-state index in [2.05, 4.69) is 15.1 Å². The van der Waals surface area contributed by atoms with E-state index in [-0.39, 0.29) is 16.1 Å². The molecule has 0 amide bonds. The van der Waals surface area contributed by atoms with Crippen molar-refractivity contribution >= 4 is 46.4 Å². The van der Waals surface area contributed by atoms with E-state index >= 15 is 0 Å². The Morgan fingerprint density at radius 2 is 2.35 bits per heavy atom. The molecule has 0 spiro atoms. The largest absolute Gasteiger partial charge is 0.440 e. The van der Waals surface area contributed by atoms with Crippen LogP contribution in [0.4, 0.5) is 5.69 Å². The fourth-order valence-electron chi connectivity index (χ4n) is 3.17. The van der Waals surface area contributed by atoms with Gasteiger partial charge in [0.05, 0.1) is 29.4 Å². The number of aromatic nitrogens is 1. The molecule has 0 N–H and O–H groups in total. The van der Waals surface area contributed by atoms with E-state index in [0.717, 1.165) is 25.8 Å². The molecule has 2 unspecified atom stereocenters. The predicted molar refractivity (Wildman–Crippen MR) is 99.5 cm³/mol. The summed E-state index contributed by atoms with van der Waals surface area (Å²) in [6.07, 6.45) is 4.85. The van der Waals surface area contributed by atoms with Crippen LogP contribution in [0.2, 0.25) is 5.02 Å². The van der Waals surface area contributed by atoms with Gasteiger partial charge in [0, 0.05) is 25.6 Å². The van der Waals surface area contributed by atoms with E-state index in [9.17, 15) is 10.1 Å². The number of halogens is 1. The molecule has 2 atom stereocenters. The first-order chi connectivity index (χ1) is 12.6. The van der Waals surface area contributed by atoms with E-state index in [1.54, 1.807) is 11.8 Å². The Morgan fingerprint density at radius 3 is 3.12 bits per heavy atom. The molecule has 0 saturated carbocycles. The molecule has 26 heavy (non-hydrogen) atoms. The fourth-order valence-corrected chi connectivity index (χ4v) is 4.40. The van der Waals surface area contributed by atoms with Crippen LogP contribution < -0.4 is 0 Å². The molecule has 0 radical (unpaired) electrons. The van der Waals surface area contributed by atoms with Crippen LogP contribution in [0.3, 0.4) is 0 Å². The SMILES string of the molecule is O=[N+]([O-])c1cc2oc(CSC3CC(N4CCC=N4)CCO3)nc2cc1Cl. The summed E-state index contributed by atoms with van der Waals surface area (Å²) in [6, 6.07) is 3.19. The van der Waals surface area contributed by atoms with Crippen LogP contribution in [-0.4, -0.2) is 45.8 Å². The zero-order chi connectivity index (χ0) is 18.1. The van der Waals surface area contributed by atoms with Gasteiger partial charge in [-0.3, -0.25) is 15.1 Å². The van der Waals surface area contributed by atoms with E-state index in [4.69, 9.17) is 20.8 Å². The highest BCUT2D eigenvalue weighted by atomic mass is 35.5. The van der Waals surface area contributed by atoms with Crippen molar-refractivity contribution in [2.24, 2.45) is 5.10 Å². The summed E-state index contributed by atoms with van der Waals surface area (Å²) in [6.45, 7) is 1.69. The maximum absolute atomic E-state index is 11.0. The van der Waals surface area contributed by atoms with Gasteiger partial charge in [0.25, 0.3) is 5.69 Å². The van der Waals surface area contributed by atoms with Crippen molar-refractivity contribution in [3.05, 3.63) is 33.2 Å². The van der Waals surface area contributed by atoms with E-state index < -0.39 is 4.92 Å². The second kappa shape index (κ2) is 7.42. The van der Waals surface area contributed by atoms with Gasteiger partial charge in [0.2, 0.25) is 5.89 Å². The zero-order valence-corrected chi connectivity index (χ0v) is 15.4. The lowest BCUT2D eigenvalue weighted by Crippen LogP contribution is -2.37. The second-order valence-corrected chi connectivity index (χ2v) is 7.73. The minimum absolute atomic E-state index is 0.0532. The number of hydrogen-bond donors (Lipinski definition) is 0. The molecule has 2 aliphatic rings. The summed E-state index contributed by atoms with van der Waals surface area (Å²) in [5, 5.41) is 17.6. The topological polar surface area (TPSA) is 94.0 Å². The fraction of sp³-hybridized carbons (Fsp3) is 0.500. The summed E-state index contributed by atoms with van der Waals surface area (Å²) in [4.78, 5) is 14.8. The average molecular weight is 397 g/mol. The Balaban J connectivity index is 1.41. The maximum atomic E-state index is 11.0. The third kappa shape index (κ3) is 3.65. The molecule has 4 rings (SSSR count). The number of nitro groups is 1. The Labute approximate surface area is 158 Å². The number of hydrazone groups is 1. The molecule has 0 aliphatic carbocycles. The highest BCUT2D eigenvalue weighted by molar-refractivity contribution is 7.98. The lowest BCUT2D eigenvalue weighted by atomic mass is 10.1. The third-order valence-corrected chi connectivity index (χ3v) is 5.87. The van der Waals surface area contributed by atoms with Gasteiger partial charge >= 0.3 is 0 Å². The average Bonchev–Trinajstić information content (AvgIpc) is 3.28. The van der Waals surface area contributed by atoms with E-state index in [1.165, 1.54) is 12.1 Å². The van der Waals surface area contributed by atoms with Crippen molar-refractivity contribution in [1.82, 2.24) is 9.99 Å². The van der Waals surface area contributed by atoms with Crippen LogP contribution in [0.25, 0.3) is 11.1 Å². The standard InChI is InChI=1S/C16H17ClN4O4S/c17-11-7-12-14(8-13(11)21(22)23)25-15(19-12)9-26-16-6-10(2-5-24-16)20-4-1-3-18-20/h3,7-8,10,16H,1-2,4-6,9H2. The van der Waals surface area contributed by atoms with Crippen molar-refractivity contribution in [1.29, 1.82) is 0 Å². The molecular weight excluding hydrogens is 380 g/mol. The maximum Gasteiger partial charge on any atom is 0.291 e. The molecule has 3 heterocycles. The number of nitrogens with zero attached hydrogens (tertiary/aromatic N) is 4. The summed E-state index contributed by atoms with van der Waals surface area (Å²) >= 11 is 7.54. The van der Waals surface area contributed by atoms with Crippen molar-refractivity contribution in [3.63, 3.8) is 0 Å². The Morgan fingerprint density at radius 1 is 1.46 bits per heavy atom. The molecule has 138 valence electrons. The number of oxazole rings is 1. The number of thioether (sulfide) groups is 1. The van der Waals surface area contributed by atoms with Crippen molar-refractivity contribution < 1.29 is 14.1 Å². The van der Waals surface area contributed by atoms with Gasteiger partial charge in [0.1, 0.15) is 16.0 Å². The van der Waals surface area contributed by atoms with Crippen LogP contribution >= 0.6 is 23.4 Å². The molecule has 10 heteroatoms. The molecular formula is C16H17ClN4O4S. The summed E-state index contributed by atoms with van der Waals surface area (Å²) < 4.78 is 11.5. The van der Waals surface area contributed by atoms with Gasteiger partial charge in [-0.15, -0.1) is 11.8 Å². The number of ether oxygens (including phenoxy) is 1. The summed E-state index contributed by atoms with van der Waals surface area (Å²) in [5.74, 6) is 1.03. The monoisotopic (exact) mass is 396 g/mol. The number of fused-ring (bicyclic) bond motifs is 1. The van der Waals surface area contributed by atoms with Crippen LogP contribution in [0.1, 0.15) is 25.2 Å². The minimum atomic E-state index is -0.532. The normalized spacial score (nSPS) is 23.0. The highest BCUT2D eigenvalue weighted by Gasteiger charge is 2.28. The molecule has 1 aromatic carbocycles. The number of nitro benzene ring substituents is 1. The Hall–Kier alpha value is -1.84. The van der Waals surface area contributed by atoms with E-state index in [0.29, 0.717) is 35.4 Å². The Kier molecular flexibility index (Phi) is 5.01. The summed E-state index contributed by atoms with van der Waals surface area (Å²) in [7, 11) is 0. The lowest BCUT2D eigenvalue weighted by molar-refractivity contribution is -0.384. The number of rotatable bonds is 5. The third-order valence-electron chi connectivity index (χ3n) is 4.45. The van der Waals surface area contributed by atoms with Gasteiger partial charge < -0.3 is 9.15 Å². The van der Waals surface area contributed by atoms with Gasteiger partial charge in [-0.1, -0.05) is 11.6 Å². The smallest absolute Gasteiger partial charge is 0.291 e. The number of hydrogen-bond acceptors (Lipinski definition) is 8. The van der Waals surface area contributed by atoms with Gasteiger partial charge in [0.15, 0.2) is 5.58 Å². The van der Waals surface area contributed by atoms with Crippen molar-refractivity contribution in [2.75, 3.05) is 13.2 Å². The molecule has 8 nitrogen and oxygen atoms in total. The predicted octanol–water partition coefficient (Wildman–Crippen LogP) is 3.82. The first-order valence-electron chi connectivity index (χ1n) is 8.36. The molecule has 1 aromatic heterocycles. The zero-order valence-electron chi connectivity index (χ0n) is 13.8. The second-order valence-electron chi connectivity index (χ2n) is 6.18. The molecule has 2 aromatic rings. The molecule has 1 fully saturated rings. The molecule has 2 aliphatic heterocycles. The van der Waals surface area contributed by atoms with Crippen molar-refractivity contribution in [2.45, 2.75) is 36.5 Å². The quantitative estimate of drug-likeness (QED) is 0.560.